The number of fused-ring (bicyclic) bond motifs is 1. The Morgan fingerprint density at radius 1 is 1.21 bits per heavy atom. The molecule has 1 unspecified atom stereocenters. The Hall–Kier alpha value is -1.71. The highest BCUT2D eigenvalue weighted by atomic mass is 16.5. The van der Waals surface area contributed by atoms with Crippen LogP contribution in [0.2, 0.25) is 0 Å². The lowest BCUT2D eigenvalue weighted by atomic mass is 9.98. The van der Waals surface area contributed by atoms with Crippen LogP contribution in [0.25, 0.3) is 0 Å². The van der Waals surface area contributed by atoms with Gasteiger partial charge in [-0.25, -0.2) is 0 Å². The van der Waals surface area contributed by atoms with Gasteiger partial charge in [-0.05, 0) is 12.1 Å². The van der Waals surface area contributed by atoms with Gasteiger partial charge < -0.3 is 14.4 Å². The molecule has 0 saturated carbocycles. The number of benzene rings is 1. The number of nitrogens with zero attached hydrogens (tertiary/aromatic N) is 1. The molecule has 4 nitrogen and oxygen atoms in total. The molecule has 0 N–H and O–H groups in total. The molecule has 1 aromatic carbocycles. The first kappa shape index (κ1) is 12.3. The fourth-order valence-electron chi connectivity index (χ4n) is 2.60. The quantitative estimate of drug-likeness (QED) is 0.777. The van der Waals surface area contributed by atoms with Crippen molar-refractivity contribution in [1.29, 1.82) is 0 Å². The van der Waals surface area contributed by atoms with E-state index in [9.17, 15) is 4.79 Å². The van der Waals surface area contributed by atoms with Crippen molar-refractivity contribution in [2.75, 3.05) is 31.2 Å². The van der Waals surface area contributed by atoms with E-state index in [0.717, 1.165) is 36.7 Å². The van der Waals surface area contributed by atoms with Crippen molar-refractivity contribution >= 4 is 11.5 Å². The average Bonchev–Trinajstić information content (AvgIpc) is 2.66. The molecule has 0 aliphatic carbocycles. The van der Waals surface area contributed by atoms with E-state index in [4.69, 9.17) is 9.47 Å². The predicted octanol–water partition coefficient (Wildman–Crippen LogP) is 2.26. The van der Waals surface area contributed by atoms with E-state index in [1.807, 2.05) is 19.1 Å². The van der Waals surface area contributed by atoms with E-state index in [1.165, 1.54) is 0 Å². The third-order valence-electron chi connectivity index (χ3n) is 3.77. The lowest BCUT2D eigenvalue weighted by molar-refractivity contribution is -0.122. The summed E-state index contributed by atoms with van der Waals surface area (Å²) in [6.07, 6.45) is 1.55. The number of anilines is 1. The Balaban J connectivity index is 1.82. The van der Waals surface area contributed by atoms with Crippen LogP contribution in [-0.4, -0.2) is 32.1 Å². The van der Waals surface area contributed by atoms with Crippen molar-refractivity contribution in [3.63, 3.8) is 0 Å². The lowest BCUT2D eigenvalue weighted by Crippen LogP contribution is -2.39. The Labute approximate surface area is 113 Å². The summed E-state index contributed by atoms with van der Waals surface area (Å²) in [5.41, 5.74) is 1.11. The second kappa shape index (κ2) is 5.11. The van der Waals surface area contributed by atoms with Gasteiger partial charge in [-0.15, -0.1) is 0 Å². The smallest absolute Gasteiger partial charge is 0.163 e. The second-order valence-electron chi connectivity index (χ2n) is 5.24. The Morgan fingerprint density at radius 3 is 2.79 bits per heavy atom. The van der Waals surface area contributed by atoms with Crippen LogP contribution >= 0.6 is 0 Å². The molecule has 2 aliphatic heterocycles. The highest BCUT2D eigenvalue weighted by Crippen LogP contribution is 2.34. The number of hydrogen-bond acceptors (Lipinski definition) is 4. The van der Waals surface area contributed by atoms with Gasteiger partial charge in [0.1, 0.15) is 5.78 Å². The van der Waals surface area contributed by atoms with Crippen LogP contribution in [-0.2, 0) is 4.79 Å². The minimum atomic E-state index is 0.115. The number of rotatable bonds is 1. The first-order valence-corrected chi connectivity index (χ1v) is 6.91. The minimum Gasteiger partial charge on any atom is -0.490 e. The van der Waals surface area contributed by atoms with Gasteiger partial charge >= 0.3 is 0 Å². The van der Waals surface area contributed by atoms with Gasteiger partial charge in [-0.2, -0.15) is 0 Å². The minimum absolute atomic E-state index is 0.115. The topological polar surface area (TPSA) is 38.8 Å². The van der Waals surface area contributed by atoms with E-state index < -0.39 is 0 Å². The van der Waals surface area contributed by atoms with Crippen LogP contribution < -0.4 is 14.4 Å². The summed E-state index contributed by atoms with van der Waals surface area (Å²) in [5, 5.41) is 0. The zero-order chi connectivity index (χ0) is 13.2. The molecule has 0 aromatic heterocycles. The highest BCUT2D eigenvalue weighted by molar-refractivity contribution is 5.83. The van der Waals surface area contributed by atoms with Gasteiger partial charge in [0.05, 0.1) is 13.2 Å². The Bertz CT molecular complexity index is 486. The molecule has 0 amide bonds. The Kier molecular flexibility index (Phi) is 3.32. The summed E-state index contributed by atoms with van der Waals surface area (Å²) in [4.78, 5) is 13.8. The van der Waals surface area contributed by atoms with Crippen LogP contribution in [0, 0.1) is 5.92 Å². The normalized spacial score (nSPS) is 23.1. The van der Waals surface area contributed by atoms with Gasteiger partial charge in [0.15, 0.2) is 11.5 Å². The summed E-state index contributed by atoms with van der Waals surface area (Å²) in [6.45, 7) is 4.99. The summed E-state index contributed by atoms with van der Waals surface area (Å²) >= 11 is 0. The summed E-state index contributed by atoms with van der Waals surface area (Å²) in [6, 6.07) is 6.05. The van der Waals surface area contributed by atoms with E-state index in [0.29, 0.717) is 25.4 Å². The number of ketones is 1. The molecular formula is C15H19NO3. The molecule has 0 bridgehead atoms. The molecule has 4 heteroatoms. The molecule has 3 rings (SSSR count). The molecule has 19 heavy (non-hydrogen) atoms. The molecule has 2 aliphatic rings. The van der Waals surface area contributed by atoms with Crippen molar-refractivity contribution in [2.24, 2.45) is 5.92 Å². The molecule has 0 spiro atoms. The van der Waals surface area contributed by atoms with Gasteiger partial charge in [0.25, 0.3) is 0 Å². The first-order valence-electron chi connectivity index (χ1n) is 6.91. The molecule has 1 fully saturated rings. The van der Waals surface area contributed by atoms with Gasteiger partial charge in [0.2, 0.25) is 0 Å². The van der Waals surface area contributed by atoms with Crippen LogP contribution in [0.15, 0.2) is 18.2 Å². The van der Waals surface area contributed by atoms with Crippen molar-refractivity contribution in [3.05, 3.63) is 18.2 Å². The zero-order valence-corrected chi connectivity index (χ0v) is 11.2. The molecule has 102 valence electrons. The lowest BCUT2D eigenvalue weighted by Gasteiger charge is -2.32. The number of carbonyl (C=O) groups excluding carboxylic acids is 1. The maximum absolute atomic E-state index is 11.6. The van der Waals surface area contributed by atoms with Crippen LogP contribution in [0.4, 0.5) is 5.69 Å². The van der Waals surface area contributed by atoms with E-state index in [1.54, 1.807) is 0 Å². The molecule has 1 aromatic rings. The first-order chi connectivity index (χ1) is 9.24. The Morgan fingerprint density at radius 2 is 2.00 bits per heavy atom. The highest BCUT2D eigenvalue weighted by Gasteiger charge is 2.24. The summed E-state index contributed by atoms with van der Waals surface area (Å²) in [5.74, 6) is 2.12. The SMILES string of the molecule is CC1CN(c2ccc3c(c2)OCCCO3)CCC1=O. The zero-order valence-electron chi connectivity index (χ0n) is 11.2. The fourth-order valence-corrected chi connectivity index (χ4v) is 2.60. The number of Topliss-reactive ketones (excluding diaryl/α,β-unsaturated/α-hetero) is 1. The van der Waals surface area contributed by atoms with Crippen LogP contribution in [0.1, 0.15) is 19.8 Å². The third kappa shape index (κ3) is 2.53. The van der Waals surface area contributed by atoms with Crippen molar-refractivity contribution in [1.82, 2.24) is 0 Å². The molecule has 2 heterocycles. The number of carbonyl (C=O) groups is 1. The largest absolute Gasteiger partial charge is 0.490 e. The number of hydrogen-bond donors (Lipinski definition) is 0. The monoisotopic (exact) mass is 261 g/mol. The average molecular weight is 261 g/mol. The molecular weight excluding hydrogens is 242 g/mol. The summed E-state index contributed by atoms with van der Waals surface area (Å²) in [7, 11) is 0. The molecule has 1 atom stereocenters. The second-order valence-corrected chi connectivity index (χ2v) is 5.24. The summed E-state index contributed by atoms with van der Waals surface area (Å²) < 4.78 is 11.3. The molecule has 1 saturated heterocycles. The van der Waals surface area contributed by atoms with Gasteiger partial charge in [0, 0.05) is 43.6 Å². The van der Waals surface area contributed by atoms with Crippen molar-refractivity contribution in [2.45, 2.75) is 19.8 Å². The van der Waals surface area contributed by atoms with Crippen molar-refractivity contribution in [3.8, 4) is 11.5 Å². The van der Waals surface area contributed by atoms with Gasteiger partial charge in [-0.3, -0.25) is 4.79 Å². The van der Waals surface area contributed by atoms with Crippen molar-refractivity contribution < 1.29 is 14.3 Å². The van der Waals surface area contributed by atoms with Crippen LogP contribution in [0.3, 0.4) is 0 Å². The fraction of sp³-hybridized carbons (Fsp3) is 0.533. The standard InChI is InChI=1S/C15H19NO3/c1-11-10-16(6-5-13(11)17)12-3-4-14-15(9-12)19-8-2-7-18-14/h3-4,9,11H,2,5-8,10H2,1H3. The van der Waals surface area contributed by atoms with Gasteiger partial charge in [-0.1, -0.05) is 6.92 Å². The third-order valence-corrected chi connectivity index (χ3v) is 3.77. The maximum Gasteiger partial charge on any atom is 0.163 e. The van der Waals surface area contributed by atoms with Crippen LogP contribution in [0.5, 0.6) is 11.5 Å². The number of ether oxygens (including phenoxy) is 2. The number of piperidine rings is 1. The van der Waals surface area contributed by atoms with E-state index in [-0.39, 0.29) is 5.92 Å². The van der Waals surface area contributed by atoms with E-state index >= 15 is 0 Å². The van der Waals surface area contributed by atoms with E-state index in [2.05, 4.69) is 11.0 Å². The maximum atomic E-state index is 11.6. The molecule has 0 radical (unpaired) electrons. The predicted molar refractivity (Wildman–Crippen MR) is 73.1 cm³/mol.